The van der Waals surface area contributed by atoms with Gasteiger partial charge in [-0.3, -0.25) is 4.79 Å². The highest BCUT2D eigenvalue weighted by molar-refractivity contribution is 5.75. The van der Waals surface area contributed by atoms with Crippen molar-refractivity contribution in [2.45, 2.75) is 45.2 Å². The molecule has 8 heteroatoms. The molecule has 2 aromatic rings. The van der Waals surface area contributed by atoms with Crippen molar-refractivity contribution in [1.29, 1.82) is 0 Å². The van der Waals surface area contributed by atoms with Crippen molar-refractivity contribution >= 4 is 11.1 Å². The van der Waals surface area contributed by atoms with E-state index < -0.39 is 23.3 Å². The Bertz CT molecular complexity index is 790. The number of nitrogens with one attached hydrogen (secondary N) is 1. The van der Waals surface area contributed by atoms with Gasteiger partial charge >= 0.3 is 5.63 Å². The fraction of sp³-hybridized carbons (Fsp3) is 0.500. The van der Waals surface area contributed by atoms with Crippen LogP contribution in [0.4, 0.5) is 13.2 Å². The number of hydrogen-bond donors (Lipinski definition) is 1. The number of alkyl halides is 3. The van der Waals surface area contributed by atoms with Crippen LogP contribution in [0.3, 0.4) is 0 Å². The molecule has 22 heavy (non-hydrogen) atoms. The lowest BCUT2D eigenvalue weighted by atomic mass is 10.0. The number of nitrogens with zero attached hydrogens (tertiary/aromatic N) is 1. The minimum Gasteiger partial charge on any atom is -0.403 e. The minimum absolute atomic E-state index is 0.0107. The number of halogens is 3. The van der Waals surface area contributed by atoms with Gasteiger partial charge in [0.2, 0.25) is 11.6 Å². The maximum atomic E-state index is 13.2. The molecule has 2 rings (SSSR count). The van der Waals surface area contributed by atoms with Crippen LogP contribution >= 0.6 is 0 Å². The molecule has 0 saturated carbocycles. The third-order valence-electron chi connectivity index (χ3n) is 3.15. The van der Waals surface area contributed by atoms with E-state index in [0.29, 0.717) is 0 Å². The zero-order valence-corrected chi connectivity index (χ0v) is 12.1. The summed E-state index contributed by atoms with van der Waals surface area (Å²) in [6.45, 7) is 1.98. The van der Waals surface area contributed by atoms with Crippen molar-refractivity contribution in [1.82, 2.24) is 9.97 Å². The van der Waals surface area contributed by atoms with E-state index in [-0.39, 0.29) is 41.8 Å². The fourth-order valence-corrected chi connectivity index (χ4v) is 2.14. The lowest BCUT2D eigenvalue weighted by Gasteiger charge is -2.10. The molecular weight excluding hydrogens is 301 g/mol. The van der Waals surface area contributed by atoms with Crippen LogP contribution in [0.25, 0.3) is 11.1 Å². The van der Waals surface area contributed by atoms with Gasteiger partial charge < -0.3 is 9.40 Å². The Labute approximate surface area is 123 Å². The number of rotatable bonds is 5. The summed E-state index contributed by atoms with van der Waals surface area (Å²) in [6, 6.07) is 1.08. The van der Waals surface area contributed by atoms with Gasteiger partial charge in [0.05, 0.1) is 0 Å². The second-order valence-electron chi connectivity index (χ2n) is 5.26. The number of fused-ring (bicyclic) bond motifs is 1. The molecule has 1 atom stereocenters. The lowest BCUT2D eigenvalue weighted by molar-refractivity contribution is 0.0111. The van der Waals surface area contributed by atoms with Crippen LogP contribution in [0.15, 0.2) is 20.1 Å². The Morgan fingerprint density at radius 3 is 2.68 bits per heavy atom. The molecule has 0 saturated heterocycles. The molecule has 2 heterocycles. The summed E-state index contributed by atoms with van der Waals surface area (Å²) >= 11 is 0. The minimum atomic E-state index is -2.82. The lowest BCUT2D eigenvalue weighted by Crippen LogP contribution is -2.17. The highest BCUT2D eigenvalue weighted by Gasteiger charge is 2.21. The summed E-state index contributed by atoms with van der Waals surface area (Å²) in [5.41, 5.74) is -1.44. The van der Waals surface area contributed by atoms with Crippen molar-refractivity contribution in [3.63, 3.8) is 0 Å². The van der Waals surface area contributed by atoms with Crippen LogP contribution in [0.5, 0.6) is 0 Å². The van der Waals surface area contributed by atoms with E-state index in [1.807, 2.05) is 0 Å². The molecule has 0 fully saturated rings. The Hall–Kier alpha value is -2.12. The van der Waals surface area contributed by atoms with Crippen molar-refractivity contribution < 1.29 is 17.6 Å². The number of hydrogen-bond acceptors (Lipinski definition) is 4. The molecule has 0 radical (unpaired) electrons. The van der Waals surface area contributed by atoms with Crippen LogP contribution < -0.4 is 11.2 Å². The van der Waals surface area contributed by atoms with Crippen LogP contribution in [-0.2, 0) is 6.42 Å². The molecule has 0 aliphatic rings. The Morgan fingerprint density at radius 2 is 2.09 bits per heavy atom. The SMILES string of the molecule is CC(F)c1nc2oc(=O)cc(CCCC(C)(F)F)c2c(=O)[nH]1. The van der Waals surface area contributed by atoms with E-state index >= 15 is 0 Å². The van der Waals surface area contributed by atoms with Gasteiger partial charge in [0.25, 0.3) is 5.56 Å². The van der Waals surface area contributed by atoms with Gasteiger partial charge in [-0.2, -0.15) is 4.98 Å². The van der Waals surface area contributed by atoms with E-state index in [2.05, 4.69) is 9.97 Å². The third-order valence-corrected chi connectivity index (χ3v) is 3.15. The summed E-state index contributed by atoms with van der Waals surface area (Å²) in [4.78, 5) is 29.6. The maximum absolute atomic E-state index is 13.2. The monoisotopic (exact) mass is 316 g/mol. The Balaban J connectivity index is 2.46. The molecule has 0 aromatic carbocycles. The molecule has 1 unspecified atom stereocenters. The van der Waals surface area contributed by atoms with Gasteiger partial charge in [0.1, 0.15) is 11.2 Å². The Kier molecular flexibility index (Phi) is 4.39. The first kappa shape index (κ1) is 16.3. The van der Waals surface area contributed by atoms with E-state index in [9.17, 15) is 22.8 Å². The van der Waals surface area contributed by atoms with Gasteiger partial charge in [-0.25, -0.2) is 18.0 Å². The quantitative estimate of drug-likeness (QED) is 0.920. The second kappa shape index (κ2) is 5.94. The molecule has 120 valence electrons. The largest absolute Gasteiger partial charge is 0.403 e. The molecule has 0 spiro atoms. The van der Waals surface area contributed by atoms with Gasteiger partial charge in [0.15, 0.2) is 6.17 Å². The summed E-state index contributed by atoms with van der Waals surface area (Å²) in [6.07, 6.45) is -1.73. The molecule has 2 aromatic heterocycles. The number of H-pyrrole nitrogens is 1. The predicted molar refractivity (Wildman–Crippen MR) is 74.0 cm³/mol. The molecule has 0 bridgehead atoms. The molecule has 1 N–H and O–H groups in total. The summed E-state index contributed by atoms with van der Waals surface area (Å²) in [7, 11) is 0. The van der Waals surface area contributed by atoms with Crippen LogP contribution in [0, 0.1) is 0 Å². The topological polar surface area (TPSA) is 76.0 Å². The molecule has 0 amide bonds. The third kappa shape index (κ3) is 3.75. The first-order valence-corrected chi connectivity index (χ1v) is 6.76. The predicted octanol–water partition coefficient (Wildman–Crippen LogP) is 2.88. The van der Waals surface area contributed by atoms with Crippen LogP contribution in [-0.4, -0.2) is 15.9 Å². The van der Waals surface area contributed by atoms with E-state index in [1.165, 1.54) is 6.92 Å². The molecular formula is C14H15F3N2O3. The second-order valence-corrected chi connectivity index (χ2v) is 5.26. The van der Waals surface area contributed by atoms with Crippen LogP contribution in [0.2, 0.25) is 0 Å². The zero-order valence-electron chi connectivity index (χ0n) is 12.1. The van der Waals surface area contributed by atoms with Gasteiger partial charge in [-0.15, -0.1) is 0 Å². The highest BCUT2D eigenvalue weighted by atomic mass is 19.3. The first-order valence-electron chi connectivity index (χ1n) is 6.76. The molecule has 0 aliphatic heterocycles. The Morgan fingerprint density at radius 1 is 1.41 bits per heavy atom. The van der Waals surface area contributed by atoms with Crippen molar-refractivity contribution in [2.24, 2.45) is 0 Å². The summed E-state index contributed by atoms with van der Waals surface area (Å²) in [5.74, 6) is -3.07. The van der Waals surface area contributed by atoms with Crippen molar-refractivity contribution in [2.75, 3.05) is 0 Å². The van der Waals surface area contributed by atoms with Crippen LogP contribution in [0.1, 0.15) is 44.2 Å². The van der Waals surface area contributed by atoms with E-state index in [4.69, 9.17) is 4.42 Å². The number of aromatic nitrogens is 2. The standard InChI is InChI=1S/C14H15F3N2O3/c1-7(15)11-18-12(21)10-8(4-3-5-14(2,16)17)6-9(20)22-13(10)19-11/h6-7H,3-5H2,1-2H3,(H,18,19,21). The normalized spacial score (nSPS) is 13.5. The first-order chi connectivity index (χ1) is 10.2. The number of aromatic amines is 1. The average Bonchev–Trinajstić information content (AvgIpc) is 2.35. The zero-order chi connectivity index (χ0) is 16.5. The average molecular weight is 316 g/mol. The maximum Gasteiger partial charge on any atom is 0.337 e. The number of aryl methyl sites for hydroxylation is 1. The van der Waals surface area contributed by atoms with Gasteiger partial charge in [-0.05, 0) is 32.3 Å². The van der Waals surface area contributed by atoms with Gasteiger partial charge in [0, 0.05) is 12.5 Å². The van der Waals surface area contributed by atoms with Gasteiger partial charge in [-0.1, -0.05) is 0 Å². The van der Waals surface area contributed by atoms with E-state index in [0.717, 1.165) is 13.0 Å². The summed E-state index contributed by atoms with van der Waals surface area (Å²) in [5, 5.41) is -0.0107. The van der Waals surface area contributed by atoms with Crippen molar-refractivity contribution in [3.05, 3.63) is 38.2 Å². The van der Waals surface area contributed by atoms with E-state index in [1.54, 1.807) is 0 Å². The molecule has 5 nitrogen and oxygen atoms in total. The van der Waals surface area contributed by atoms with Crippen molar-refractivity contribution in [3.8, 4) is 0 Å². The highest BCUT2D eigenvalue weighted by Crippen LogP contribution is 2.22. The summed E-state index contributed by atoms with van der Waals surface area (Å²) < 4.78 is 43.7. The molecule has 0 aliphatic carbocycles. The fourth-order valence-electron chi connectivity index (χ4n) is 2.14. The smallest absolute Gasteiger partial charge is 0.337 e.